The van der Waals surface area contributed by atoms with Crippen molar-refractivity contribution < 1.29 is 14.3 Å². The van der Waals surface area contributed by atoms with Crippen molar-refractivity contribution in [2.24, 2.45) is 0 Å². The third-order valence-electron chi connectivity index (χ3n) is 3.86. The predicted molar refractivity (Wildman–Crippen MR) is 107 cm³/mol. The van der Waals surface area contributed by atoms with Gasteiger partial charge in [-0.25, -0.2) is 14.8 Å². The molecule has 1 amide bonds. The molecule has 0 bridgehead atoms. The van der Waals surface area contributed by atoms with Crippen LogP contribution in [0.4, 0.5) is 17.3 Å². The number of amides is 1. The molecule has 0 unspecified atom stereocenters. The number of hydrogen-bond donors (Lipinski definition) is 2. The summed E-state index contributed by atoms with van der Waals surface area (Å²) in [7, 11) is 1.30. The molecule has 0 aliphatic carbocycles. The largest absolute Gasteiger partial charge is 0.465 e. The second-order valence-corrected chi connectivity index (χ2v) is 6.33. The molecule has 0 fully saturated rings. The van der Waals surface area contributed by atoms with Gasteiger partial charge in [0, 0.05) is 18.1 Å². The number of anilines is 3. The minimum Gasteiger partial charge on any atom is -0.465 e. The molecular weight excluding hydrogens is 380 g/mol. The lowest BCUT2D eigenvalue weighted by Gasteiger charge is -2.09. The first-order valence-electron chi connectivity index (χ1n) is 8.31. The lowest BCUT2D eigenvalue weighted by atomic mass is 10.2. The average Bonchev–Trinajstić information content (AvgIpc) is 2.71. The maximum atomic E-state index is 12.3. The quantitative estimate of drug-likeness (QED) is 0.627. The highest BCUT2D eigenvalue weighted by Crippen LogP contribution is 2.25. The molecule has 28 heavy (non-hydrogen) atoms. The van der Waals surface area contributed by atoms with Crippen LogP contribution in [0.2, 0.25) is 5.02 Å². The van der Waals surface area contributed by atoms with Gasteiger partial charge in [0.25, 0.3) is 5.91 Å². The van der Waals surface area contributed by atoms with Crippen molar-refractivity contribution in [1.29, 1.82) is 0 Å². The van der Waals surface area contributed by atoms with Gasteiger partial charge in [-0.3, -0.25) is 4.79 Å². The Bertz CT molecular complexity index is 1000. The normalized spacial score (nSPS) is 10.2. The molecule has 0 spiro atoms. The van der Waals surface area contributed by atoms with Gasteiger partial charge in [-0.05, 0) is 37.3 Å². The maximum absolute atomic E-state index is 12.3. The van der Waals surface area contributed by atoms with E-state index >= 15 is 0 Å². The number of carbonyl (C=O) groups is 2. The number of nitrogens with zero attached hydrogens (tertiary/aromatic N) is 2. The van der Waals surface area contributed by atoms with Crippen molar-refractivity contribution in [3.8, 4) is 0 Å². The molecule has 8 heteroatoms. The molecule has 0 atom stereocenters. The predicted octanol–water partition coefficient (Wildman–Crippen LogP) is 4.22. The summed E-state index contributed by atoms with van der Waals surface area (Å²) < 4.78 is 4.69. The summed E-state index contributed by atoms with van der Waals surface area (Å²) in [5, 5.41) is 6.08. The highest BCUT2D eigenvalue weighted by atomic mass is 35.5. The van der Waals surface area contributed by atoms with Gasteiger partial charge in [0.05, 0.1) is 28.9 Å². The molecule has 0 saturated carbocycles. The molecule has 0 radical (unpaired) electrons. The topological polar surface area (TPSA) is 93.2 Å². The smallest absolute Gasteiger partial charge is 0.337 e. The van der Waals surface area contributed by atoms with Crippen LogP contribution in [-0.4, -0.2) is 29.0 Å². The Kier molecular flexibility index (Phi) is 5.86. The van der Waals surface area contributed by atoms with Gasteiger partial charge in [0.1, 0.15) is 0 Å². The van der Waals surface area contributed by atoms with Crippen LogP contribution in [0.25, 0.3) is 0 Å². The van der Waals surface area contributed by atoms with Gasteiger partial charge in [-0.1, -0.05) is 29.3 Å². The van der Waals surface area contributed by atoms with Crippen LogP contribution in [0.5, 0.6) is 0 Å². The van der Waals surface area contributed by atoms with Gasteiger partial charge in [-0.2, -0.15) is 0 Å². The second-order valence-electron chi connectivity index (χ2n) is 5.93. The Balaban J connectivity index is 1.71. The standard InChI is InChI=1S/C20H17ClN4O3/c1-12-3-6-15(7-4-12)24-18(26)14-10-22-20(23-11-14)25-17-9-13(19(27)28-2)5-8-16(17)21/h3-11H,1-2H3,(H,24,26)(H,22,23,25). The molecule has 142 valence electrons. The number of benzene rings is 2. The zero-order chi connectivity index (χ0) is 20.1. The number of ether oxygens (including phenoxy) is 1. The summed E-state index contributed by atoms with van der Waals surface area (Å²) >= 11 is 6.14. The second kappa shape index (κ2) is 8.49. The lowest BCUT2D eigenvalue weighted by Crippen LogP contribution is -2.13. The van der Waals surface area contributed by atoms with E-state index in [4.69, 9.17) is 16.3 Å². The molecule has 3 aromatic rings. The molecule has 2 N–H and O–H groups in total. The Morgan fingerprint density at radius 3 is 2.32 bits per heavy atom. The summed E-state index contributed by atoms with van der Waals surface area (Å²) in [6.07, 6.45) is 2.80. The number of esters is 1. The van der Waals surface area contributed by atoms with Crippen LogP contribution in [0.1, 0.15) is 26.3 Å². The number of nitrogens with one attached hydrogen (secondary N) is 2. The first-order valence-corrected chi connectivity index (χ1v) is 8.69. The lowest BCUT2D eigenvalue weighted by molar-refractivity contribution is 0.0600. The number of hydrogen-bond acceptors (Lipinski definition) is 6. The van der Waals surface area contributed by atoms with E-state index < -0.39 is 5.97 Å². The number of aryl methyl sites for hydroxylation is 1. The molecule has 0 aliphatic rings. The Labute approximate surface area is 166 Å². The molecule has 0 aliphatic heterocycles. The Morgan fingerprint density at radius 1 is 1.00 bits per heavy atom. The van der Waals surface area contributed by atoms with Crippen LogP contribution in [-0.2, 0) is 4.74 Å². The van der Waals surface area contributed by atoms with Gasteiger partial charge in [0.15, 0.2) is 0 Å². The van der Waals surface area contributed by atoms with E-state index in [0.29, 0.717) is 27.5 Å². The highest BCUT2D eigenvalue weighted by molar-refractivity contribution is 6.33. The molecular formula is C20H17ClN4O3. The van der Waals surface area contributed by atoms with E-state index in [2.05, 4.69) is 20.6 Å². The van der Waals surface area contributed by atoms with E-state index in [0.717, 1.165) is 5.56 Å². The van der Waals surface area contributed by atoms with Crippen LogP contribution >= 0.6 is 11.6 Å². The summed E-state index contributed by atoms with van der Waals surface area (Å²) in [4.78, 5) is 32.2. The fourth-order valence-corrected chi connectivity index (χ4v) is 2.50. The van der Waals surface area contributed by atoms with Crippen molar-refractivity contribution in [3.05, 3.63) is 76.6 Å². The molecule has 1 aromatic heterocycles. The fourth-order valence-electron chi connectivity index (χ4n) is 2.34. The van der Waals surface area contributed by atoms with Gasteiger partial charge in [0.2, 0.25) is 5.95 Å². The van der Waals surface area contributed by atoms with Crippen molar-refractivity contribution in [1.82, 2.24) is 9.97 Å². The van der Waals surface area contributed by atoms with Crippen LogP contribution in [0.3, 0.4) is 0 Å². The van der Waals surface area contributed by atoms with Gasteiger partial charge >= 0.3 is 5.97 Å². The molecule has 7 nitrogen and oxygen atoms in total. The van der Waals surface area contributed by atoms with E-state index in [1.807, 2.05) is 31.2 Å². The van der Waals surface area contributed by atoms with Crippen molar-refractivity contribution in [2.45, 2.75) is 6.92 Å². The van der Waals surface area contributed by atoms with E-state index in [9.17, 15) is 9.59 Å². The first kappa shape index (κ1) is 19.3. The minimum absolute atomic E-state index is 0.232. The molecule has 0 saturated heterocycles. The zero-order valence-corrected chi connectivity index (χ0v) is 15.9. The van der Waals surface area contributed by atoms with Crippen LogP contribution < -0.4 is 10.6 Å². The molecule has 2 aromatic carbocycles. The SMILES string of the molecule is COC(=O)c1ccc(Cl)c(Nc2ncc(C(=O)Nc3ccc(C)cc3)cn2)c1. The van der Waals surface area contributed by atoms with Gasteiger partial charge < -0.3 is 15.4 Å². The van der Waals surface area contributed by atoms with E-state index in [1.54, 1.807) is 12.1 Å². The first-order chi connectivity index (χ1) is 13.5. The number of rotatable bonds is 5. The zero-order valence-electron chi connectivity index (χ0n) is 15.2. The minimum atomic E-state index is -0.483. The summed E-state index contributed by atoms with van der Waals surface area (Å²) in [5.41, 5.74) is 2.88. The van der Waals surface area contributed by atoms with Crippen molar-refractivity contribution in [2.75, 3.05) is 17.7 Å². The van der Waals surface area contributed by atoms with Crippen LogP contribution in [0.15, 0.2) is 54.9 Å². The average molecular weight is 397 g/mol. The third-order valence-corrected chi connectivity index (χ3v) is 4.19. The number of methoxy groups -OCH3 is 1. The molecule has 3 rings (SSSR count). The Morgan fingerprint density at radius 2 is 1.68 bits per heavy atom. The number of carbonyl (C=O) groups excluding carboxylic acids is 2. The number of halogens is 1. The van der Waals surface area contributed by atoms with Crippen molar-refractivity contribution >= 4 is 40.8 Å². The fraction of sp³-hybridized carbons (Fsp3) is 0.100. The third kappa shape index (κ3) is 4.63. The molecule has 1 heterocycles. The monoisotopic (exact) mass is 396 g/mol. The summed E-state index contributed by atoms with van der Waals surface area (Å²) in [6.45, 7) is 1.97. The van der Waals surface area contributed by atoms with E-state index in [-0.39, 0.29) is 11.9 Å². The summed E-state index contributed by atoms with van der Waals surface area (Å²) in [6, 6.07) is 12.1. The Hall–Kier alpha value is -3.45. The summed E-state index contributed by atoms with van der Waals surface area (Å²) in [5.74, 6) is -0.569. The maximum Gasteiger partial charge on any atom is 0.337 e. The number of aromatic nitrogens is 2. The van der Waals surface area contributed by atoms with Crippen LogP contribution in [0, 0.1) is 6.92 Å². The van der Waals surface area contributed by atoms with E-state index in [1.165, 1.54) is 25.6 Å². The van der Waals surface area contributed by atoms with Gasteiger partial charge in [-0.15, -0.1) is 0 Å². The highest BCUT2D eigenvalue weighted by Gasteiger charge is 2.11. The van der Waals surface area contributed by atoms with Crippen molar-refractivity contribution in [3.63, 3.8) is 0 Å².